The van der Waals surface area contributed by atoms with Gasteiger partial charge in [0, 0.05) is 19.8 Å². The van der Waals surface area contributed by atoms with Gasteiger partial charge in [-0.05, 0) is 19.1 Å². The van der Waals surface area contributed by atoms with Crippen molar-refractivity contribution in [1.29, 1.82) is 0 Å². The summed E-state index contributed by atoms with van der Waals surface area (Å²) in [7, 11) is 1.96. The monoisotopic (exact) mass is 368 g/mol. The Hall–Kier alpha value is -1.54. The van der Waals surface area contributed by atoms with Crippen LogP contribution in [0.2, 0.25) is 5.02 Å². The highest BCUT2D eigenvalue weighted by atomic mass is 35.5. The Morgan fingerprint density at radius 3 is 2.92 bits per heavy atom. The van der Waals surface area contributed by atoms with E-state index >= 15 is 0 Å². The molecule has 9 heteroatoms. The van der Waals surface area contributed by atoms with Crippen LogP contribution in [0.15, 0.2) is 17.6 Å². The highest BCUT2D eigenvalue weighted by Crippen LogP contribution is 2.33. The Labute approximate surface area is 150 Å². The van der Waals surface area contributed by atoms with Crippen molar-refractivity contribution < 1.29 is 4.79 Å². The van der Waals surface area contributed by atoms with Crippen molar-refractivity contribution in [2.45, 2.75) is 37.5 Å². The van der Waals surface area contributed by atoms with Crippen LogP contribution in [0.4, 0.5) is 0 Å². The third-order valence-corrected chi connectivity index (χ3v) is 5.29. The Balaban J connectivity index is 1.74. The third kappa shape index (κ3) is 3.30. The maximum Gasteiger partial charge on any atom is 0.227 e. The number of carbonyl (C=O) groups excluding carboxylic acids is 1. The van der Waals surface area contributed by atoms with Gasteiger partial charge >= 0.3 is 0 Å². The van der Waals surface area contributed by atoms with Crippen LogP contribution in [0.25, 0.3) is 0 Å². The van der Waals surface area contributed by atoms with Gasteiger partial charge in [-0.2, -0.15) is 5.10 Å². The molecule has 0 saturated carbocycles. The molecule has 130 valence electrons. The maximum atomic E-state index is 12.9. The van der Waals surface area contributed by atoms with E-state index in [0.717, 1.165) is 30.4 Å². The zero-order chi connectivity index (χ0) is 17.3. The smallest absolute Gasteiger partial charge is 0.227 e. The normalized spacial score (nSPS) is 19.0. The summed E-state index contributed by atoms with van der Waals surface area (Å²) < 4.78 is 3.70. The second-order valence-corrected chi connectivity index (χ2v) is 7.29. The summed E-state index contributed by atoms with van der Waals surface area (Å²) >= 11 is 7.45. The van der Waals surface area contributed by atoms with Gasteiger partial charge in [0.05, 0.1) is 29.7 Å². The SMILES string of the molecule is CSc1nnc(C2CCCN2C(=O)C(C)Cn2cc(Cl)cn2)n1C. The zero-order valence-corrected chi connectivity index (χ0v) is 15.6. The first-order valence-corrected chi connectivity index (χ1v) is 9.53. The Morgan fingerprint density at radius 2 is 2.29 bits per heavy atom. The van der Waals surface area contributed by atoms with Crippen LogP contribution in [0.5, 0.6) is 0 Å². The molecule has 2 aromatic heterocycles. The van der Waals surface area contributed by atoms with Crippen molar-refractivity contribution in [2.75, 3.05) is 12.8 Å². The van der Waals surface area contributed by atoms with E-state index in [1.165, 1.54) is 0 Å². The molecule has 2 aromatic rings. The molecule has 3 heterocycles. The van der Waals surface area contributed by atoms with Gasteiger partial charge in [0.2, 0.25) is 5.91 Å². The highest BCUT2D eigenvalue weighted by molar-refractivity contribution is 7.98. The van der Waals surface area contributed by atoms with E-state index in [2.05, 4.69) is 15.3 Å². The molecule has 1 aliphatic heterocycles. The summed E-state index contributed by atoms with van der Waals surface area (Å²) in [6.45, 7) is 3.20. The van der Waals surface area contributed by atoms with Gasteiger partial charge in [-0.3, -0.25) is 9.48 Å². The van der Waals surface area contributed by atoms with Crippen LogP contribution in [-0.2, 0) is 18.4 Å². The Kier molecular flexibility index (Phi) is 5.15. The number of amides is 1. The molecule has 0 aromatic carbocycles. The molecule has 0 aliphatic carbocycles. The van der Waals surface area contributed by atoms with Gasteiger partial charge in [-0.1, -0.05) is 30.3 Å². The molecule has 24 heavy (non-hydrogen) atoms. The fourth-order valence-electron chi connectivity index (χ4n) is 3.17. The average molecular weight is 369 g/mol. The number of hydrogen-bond donors (Lipinski definition) is 0. The summed E-state index contributed by atoms with van der Waals surface area (Å²) in [6.07, 6.45) is 7.20. The molecule has 1 fully saturated rings. The lowest BCUT2D eigenvalue weighted by atomic mass is 10.1. The third-order valence-electron chi connectivity index (χ3n) is 4.37. The standard InChI is InChI=1S/C15H21ClN6OS/c1-10(8-21-9-11(16)7-17-21)14(23)22-6-4-5-12(22)13-18-19-15(24-3)20(13)2/h7,9-10,12H,4-6,8H2,1-3H3. The lowest BCUT2D eigenvalue weighted by Crippen LogP contribution is -2.37. The minimum Gasteiger partial charge on any atom is -0.332 e. The van der Waals surface area contributed by atoms with Gasteiger partial charge in [0.15, 0.2) is 11.0 Å². The molecule has 0 spiro atoms. The average Bonchev–Trinajstić information content (AvgIpc) is 3.26. The first kappa shape index (κ1) is 17.3. The number of halogens is 1. The number of hydrogen-bond acceptors (Lipinski definition) is 5. The molecule has 7 nitrogen and oxygen atoms in total. The highest BCUT2D eigenvalue weighted by Gasteiger charge is 2.35. The fraction of sp³-hybridized carbons (Fsp3) is 0.600. The van der Waals surface area contributed by atoms with E-state index in [9.17, 15) is 4.79 Å². The van der Waals surface area contributed by atoms with Crippen LogP contribution in [0.1, 0.15) is 31.6 Å². The largest absolute Gasteiger partial charge is 0.332 e. The van der Waals surface area contributed by atoms with Gasteiger partial charge in [0.1, 0.15) is 0 Å². The molecular weight excluding hydrogens is 348 g/mol. The number of aromatic nitrogens is 5. The lowest BCUT2D eigenvalue weighted by molar-refractivity contribution is -0.136. The number of nitrogens with zero attached hydrogens (tertiary/aromatic N) is 6. The summed E-state index contributed by atoms with van der Waals surface area (Å²) in [6, 6.07) is -0.000408. The van der Waals surface area contributed by atoms with Gasteiger partial charge in [-0.15, -0.1) is 10.2 Å². The van der Waals surface area contributed by atoms with E-state index in [0.29, 0.717) is 11.6 Å². The van der Waals surface area contributed by atoms with Crippen molar-refractivity contribution in [3.05, 3.63) is 23.2 Å². The van der Waals surface area contributed by atoms with E-state index < -0.39 is 0 Å². The molecule has 1 aliphatic rings. The van der Waals surface area contributed by atoms with E-state index in [4.69, 9.17) is 11.6 Å². The summed E-state index contributed by atoms with van der Waals surface area (Å²) in [4.78, 5) is 14.9. The molecule has 2 unspecified atom stereocenters. The van der Waals surface area contributed by atoms with Gasteiger partial charge < -0.3 is 9.47 Å². The molecule has 1 saturated heterocycles. The van der Waals surface area contributed by atoms with Crippen LogP contribution in [0.3, 0.4) is 0 Å². The lowest BCUT2D eigenvalue weighted by Gasteiger charge is -2.27. The maximum absolute atomic E-state index is 12.9. The minimum atomic E-state index is -0.171. The molecule has 0 N–H and O–H groups in total. The van der Waals surface area contributed by atoms with Gasteiger partial charge in [-0.25, -0.2) is 0 Å². The second kappa shape index (κ2) is 7.14. The zero-order valence-electron chi connectivity index (χ0n) is 14.0. The van der Waals surface area contributed by atoms with E-state index in [1.807, 2.05) is 29.7 Å². The van der Waals surface area contributed by atoms with Crippen molar-refractivity contribution >= 4 is 29.3 Å². The van der Waals surface area contributed by atoms with Crippen LogP contribution in [0, 0.1) is 5.92 Å². The van der Waals surface area contributed by atoms with E-state index in [-0.39, 0.29) is 17.9 Å². The minimum absolute atomic E-state index is 0.000408. The topological polar surface area (TPSA) is 68.8 Å². The van der Waals surface area contributed by atoms with Crippen molar-refractivity contribution in [3.8, 4) is 0 Å². The molecular formula is C15H21ClN6OS. The predicted molar refractivity (Wildman–Crippen MR) is 92.9 cm³/mol. The van der Waals surface area contributed by atoms with Crippen LogP contribution < -0.4 is 0 Å². The summed E-state index contributed by atoms with van der Waals surface area (Å²) in [5.74, 6) is 0.812. The fourth-order valence-corrected chi connectivity index (χ4v) is 3.82. The Morgan fingerprint density at radius 1 is 1.50 bits per heavy atom. The van der Waals surface area contributed by atoms with Crippen molar-refractivity contribution in [1.82, 2.24) is 29.4 Å². The molecule has 0 bridgehead atoms. The summed E-state index contributed by atoms with van der Waals surface area (Å²) in [5, 5.41) is 14.1. The van der Waals surface area contributed by atoms with E-state index in [1.54, 1.807) is 28.8 Å². The first-order valence-electron chi connectivity index (χ1n) is 7.93. The number of carbonyl (C=O) groups is 1. The molecule has 0 radical (unpaired) electrons. The number of rotatable bonds is 5. The summed E-state index contributed by atoms with van der Waals surface area (Å²) in [5.41, 5.74) is 0. The van der Waals surface area contributed by atoms with Crippen molar-refractivity contribution in [3.63, 3.8) is 0 Å². The molecule has 2 atom stereocenters. The quantitative estimate of drug-likeness (QED) is 0.758. The number of thioether (sulfide) groups is 1. The second-order valence-electron chi connectivity index (χ2n) is 6.08. The van der Waals surface area contributed by atoms with Crippen molar-refractivity contribution in [2.24, 2.45) is 13.0 Å². The Bertz CT molecular complexity index is 729. The first-order chi connectivity index (χ1) is 11.5. The molecule has 1 amide bonds. The molecule has 3 rings (SSSR count). The van der Waals surface area contributed by atoms with Crippen LogP contribution >= 0.6 is 23.4 Å². The van der Waals surface area contributed by atoms with Gasteiger partial charge in [0.25, 0.3) is 0 Å². The predicted octanol–water partition coefficient (Wildman–Crippen LogP) is 2.39. The number of likely N-dealkylation sites (tertiary alicyclic amines) is 1. The van der Waals surface area contributed by atoms with Crippen LogP contribution in [-0.4, -0.2) is 48.2 Å².